The Morgan fingerprint density at radius 3 is 2.61 bits per heavy atom. The van der Waals surface area contributed by atoms with Crippen LogP contribution in [0.25, 0.3) is 0 Å². The summed E-state index contributed by atoms with van der Waals surface area (Å²) < 4.78 is 28.4. The van der Waals surface area contributed by atoms with Gasteiger partial charge in [-0.15, -0.1) is 0 Å². The highest BCUT2D eigenvalue weighted by Crippen LogP contribution is 2.33. The number of nitrogens with one attached hydrogen (secondary N) is 1. The van der Waals surface area contributed by atoms with E-state index >= 15 is 0 Å². The molecule has 0 radical (unpaired) electrons. The Kier molecular flexibility index (Phi) is 5.13. The SMILES string of the molecule is CS(=O)(=O)C1CCC(C2CCCC(C#Cc3ccoc3)N2)CC1. The zero-order chi connectivity index (χ0) is 16.3. The van der Waals surface area contributed by atoms with E-state index in [1.54, 1.807) is 12.5 Å². The molecule has 0 bridgehead atoms. The lowest BCUT2D eigenvalue weighted by atomic mass is 9.79. The first-order chi connectivity index (χ1) is 11.0. The van der Waals surface area contributed by atoms with Crippen LogP contribution in [0.3, 0.4) is 0 Å². The first kappa shape index (κ1) is 16.6. The van der Waals surface area contributed by atoms with Gasteiger partial charge in [-0.1, -0.05) is 11.8 Å². The van der Waals surface area contributed by atoms with E-state index in [0.717, 1.165) is 37.7 Å². The van der Waals surface area contributed by atoms with E-state index in [1.807, 2.05) is 6.07 Å². The molecule has 4 nitrogen and oxygen atoms in total. The van der Waals surface area contributed by atoms with Gasteiger partial charge in [0.1, 0.15) is 16.1 Å². The lowest BCUT2D eigenvalue weighted by molar-refractivity contribution is 0.221. The van der Waals surface area contributed by atoms with Crippen LogP contribution >= 0.6 is 0 Å². The molecule has 1 aromatic heterocycles. The third-order valence-electron chi connectivity index (χ3n) is 5.23. The molecule has 1 N–H and O–H groups in total. The van der Waals surface area contributed by atoms with Gasteiger partial charge in [-0.3, -0.25) is 0 Å². The summed E-state index contributed by atoms with van der Waals surface area (Å²) in [6.45, 7) is 0. The largest absolute Gasteiger partial charge is 0.471 e. The first-order valence-electron chi connectivity index (χ1n) is 8.51. The predicted octanol–water partition coefficient (Wildman–Crippen LogP) is 2.75. The Hall–Kier alpha value is -1.25. The molecule has 2 atom stereocenters. The van der Waals surface area contributed by atoms with Crippen LogP contribution < -0.4 is 5.32 Å². The van der Waals surface area contributed by atoms with E-state index < -0.39 is 9.84 Å². The fourth-order valence-electron chi connectivity index (χ4n) is 3.88. The smallest absolute Gasteiger partial charge is 0.150 e. The van der Waals surface area contributed by atoms with Gasteiger partial charge in [-0.2, -0.15) is 0 Å². The van der Waals surface area contributed by atoms with Crippen LogP contribution in [-0.2, 0) is 9.84 Å². The summed E-state index contributed by atoms with van der Waals surface area (Å²) in [5.74, 6) is 7.06. The van der Waals surface area contributed by atoms with Crippen molar-refractivity contribution < 1.29 is 12.8 Å². The summed E-state index contributed by atoms with van der Waals surface area (Å²) in [5.41, 5.74) is 0.919. The van der Waals surface area contributed by atoms with E-state index in [4.69, 9.17) is 4.42 Å². The number of hydrogen-bond donors (Lipinski definition) is 1. The summed E-state index contributed by atoms with van der Waals surface area (Å²) in [6, 6.07) is 2.59. The second kappa shape index (κ2) is 7.11. The highest BCUT2D eigenvalue weighted by molar-refractivity contribution is 7.91. The highest BCUT2D eigenvalue weighted by Gasteiger charge is 2.33. The highest BCUT2D eigenvalue weighted by atomic mass is 32.2. The maximum atomic E-state index is 11.7. The predicted molar refractivity (Wildman–Crippen MR) is 90.7 cm³/mol. The molecule has 126 valence electrons. The van der Waals surface area contributed by atoms with E-state index in [1.165, 1.54) is 19.1 Å². The summed E-state index contributed by atoms with van der Waals surface area (Å²) in [7, 11) is -2.88. The molecular formula is C18H25NO3S. The minimum atomic E-state index is -2.88. The summed E-state index contributed by atoms with van der Waals surface area (Å²) in [6.07, 6.45) is 11.8. The molecule has 1 aliphatic carbocycles. The van der Waals surface area contributed by atoms with Crippen LogP contribution in [0, 0.1) is 17.8 Å². The van der Waals surface area contributed by atoms with Crippen molar-refractivity contribution in [2.75, 3.05) is 6.26 Å². The third-order valence-corrected chi connectivity index (χ3v) is 6.91. The van der Waals surface area contributed by atoms with Crippen LogP contribution in [0.5, 0.6) is 0 Å². The Labute approximate surface area is 138 Å². The van der Waals surface area contributed by atoms with Gasteiger partial charge in [0.25, 0.3) is 0 Å². The fourth-order valence-corrected chi connectivity index (χ4v) is 5.01. The van der Waals surface area contributed by atoms with Gasteiger partial charge in [-0.25, -0.2) is 8.42 Å². The van der Waals surface area contributed by atoms with Crippen molar-refractivity contribution >= 4 is 9.84 Å². The average molecular weight is 335 g/mol. The van der Waals surface area contributed by atoms with Gasteiger partial charge in [-0.05, 0) is 56.9 Å². The lowest BCUT2D eigenvalue weighted by Gasteiger charge is -2.37. The number of hydrogen-bond acceptors (Lipinski definition) is 4. The molecule has 0 aromatic carbocycles. The first-order valence-corrected chi connectivity index (χ1v) is 10.5. The van der Waals surface area contributed by atoms with Crippen molar-refractivity contribution in [3.8, 4) is 11.8 Å². The summed E-state index contributed by atoms with van der Waals surface area (Å²) >= 11 is 0. The molecule has 1 aliphatic heterocycles. The van der Waals surface area contributed by atoms with Gasteiger partial charge < -0.3 is 9.73 Å². The minimum Gasteiger partial charge on any atom is -0.471 e. The van der Waals surface area contributed by atoms with Gasteiger partial charge in [0, 0.05) is 12.3 Å². The number of rotatable bonds is 2. The van der Waals surface area contributed by atoms with Crippen molar-refractivity contribution in [1.29, 1.82) is 0 Å². The second-order valence-electron chi connectivity index (χ2n) is 6.90. The molecule has 1 saturated heterocycles. The lowest BCUT2D eigenvalue weighted by Crippen LogP contribution is -2.47. The molecule has 23 heavy (non-hydrogen) atoms. The molecule has 1 aromatic rings. The molecule has 1 saturated carbocycles. The molecule has 3 rings (SSSR count). The zero-order valence-corrected chi connectivity index (χ0v) is 14.4. The Morgan fingerprint density at radius 1 is 1.17 bits per heavy atom. The number of furan rings is 1. The maximum absolute atomic E-state index is 11.7. The van der Waals surface area contributed by atoms with E-state index in [2.05, 4.69) is 17.2 Å². The molecule has 2 fully saturated rings. The van der Waals surface area contributed by atoms with Gasteiger partial charge in [0.05, 0.1) is 23.1 Å². The van der Waals surface area contributed by atoms with Gasteiger partial charge >= 0.3 is 0 Å². The van der Waals surface area contributed by atoms with Crippen LogP contribution in [-0.4, -0.2) is 32.0 Å². The van der Waals surface area contributed by atoms with Crippen molar-refractivity contribution in [3.05, 3.63) is 24.2 Å². The monoisotopic (exact) mass is 335 g/mol. The quantitative estimate of drug-likeness (QED) is 0.844. The molecule has 0 spiro atoms. The average Bonchev–Trinajstić information content (AvgIpc) is 3.06. The van der Waals surface area contributed by atoms with E-state index in [0.29, 0.717) is 12.0 Å². The van der Waals surface area contributed by atoms with Crippen molar-refractivity contribution in [3.63, 3.8) is 0 Å². The van der Waals surface area contributed by atoms with Crippen molar-refractivity contribution in [2.45, 2.75) is 62.3 Å². The van der Waals surface area contributed by atoms with Crippen LogP contribution in [0.15, 0.2) is 23.0 Å². The summed E-state index contributed by atoms with van der Waals surface area (Å²) in [5, 5.41) is 3.56. The van der Waals surface area contributed by atoms with Crippen LogP contribution in [0.2, 0.25) is 0 Å². The molecule has 2 aliphatic rings. The third kappa shape index (κ3) is 4.39. The van der Waals surface area contributed by atoms with Crippen LogP contribution in [0.4, 0.5) is 0 Å². The molecule has 2 unspecified atom stereocenters. The second-order valence-corrected chi connectivity index (χ2v) is 9.23. The van der Waals surface area contributed by atoms with Gasteiger partial charge in [0.2, 0.25) is 0 Å². The Bertz CT molecular complexity index is 661. The van der Waals surface area contributed by atoms with E-state index in [-0.39, 0.29) is 11.3 Å². The minimum absolute atomic E-state index is 0.126. The van der Waals surface area contributed by atoms with E-state index in [9.17, 15) is 8.42 Å². The summed E-state index contributed by atoms with van der Waals surface area (Å²) in [4.78, 5) is 0. The molecular weight excluding hydrogens is 310 g/mol. The zero-order valence-electron chi connectivity index (χ0n) is 13.6. The van der Waals surface area contributed by atoms with Crippen molar-refractivity contribution in [2.24, 2.45) is 5.92 Å². The topological polar surface area (TPSA) is 59.3 Å². The number of sulfone groups is 1. The van der Waals surface area contributed by atoms with Crippen molar-refractivity contribution in [1.82, 2.24) is 5.32 Å². The Morgan fingerprint density at radius 2 is 1.96 bits per heavy atom. The maximum Gasteiger partial charge on any atom is 0.150 e. The number of piperidine rings is 1. The van der Waals surface area contributed by atoms with Crippen LogP contribution in [0.1, 0.15) is 50.5 Å². The Balaban J connectivity index is 1.55. The molecule has 5 heteroatoms. The molecule has 2 heterocycles. The standard InChI is InChI=1S/C18H25NO3S/c1-23(20,21)17-9-6-15(7-10-17)18-4-2-3-16(19-18)8-5-14-11-12-22-13-14/h11-13,15-19H,2-4,6-7,9-10H2,1H3. The molecule has 0 amide bonds. The van der Waals surface area contributed by atoms with Gasteiger partial charge in [0.15, 0.2) is 0 Å². The normalized spacial score (nSPS) is 32.0. The fraction of sp³-hybridized carbons (Fsp3) is 0.667.